The summed E-state index contributed by atoms with van der Waals surface area (Å²) in [7, 11) is 0. The van der Waals surface area contributed by atoms with E-state index in [9.17, 15) is 4.79 Å². The monoisotopic (exact) mass is 289 g/mol. The van der Waals surface area contributed by atoms with Crippen LogP contribution in [0.1, 0.15) is 20.8 Å². The van der Waals surface area contributed by atoms with Gasteiger partial charge in [-0.1, -0.05) is 11.6 Å². The summed E-state index contributed by atoms with van der Waals surface area (Å²) in [6.07, 6.45) is 0. The number of ether oxygens (including phenoxy) is 1. The fraction of sp³-hybridized carbons (Fsp3) is 0.462. The van der Waals surface area contributed by atoms with Gasteiger partial charge < -0.3 is 10.1 Å². The van der Waals surface area contributed by atoms with Crippen LogP contribution in [0.25, 0.3) is 0 Å². The molecule has 1 aromatic carbocycles. The van der Waals surface area contributed by atoms with Crippen LogP contribution in [-0.2, 0) is 4.79 Å². The lowest BCUT2D eigenvalue weighted by molar-refractivity contribution is -0.124. The molecule has 1 aromatic rings. The van der Waals surface area contributed by atoms with E-state index in [1.54, 1.807) is 24.3 Å². The lowest BCUT2D eigenvalue weighted by Crippen LogP contribution is -2.50. The van der Waals surface area contributed by atoms with Crippen LogP contribution >= 0.6 is 23.2 Å². The zero-order chi connectivity index (χ0) is 13.8. The third kappa shape index (κ3) is 4.75. The van der Waals surface area contributed by atoms with Crippen molar-refractivity contribution in [1.29, 1.82) is 0 Å². The van der Waals surface area contributed by atoms with Crippen LogP contribution in [0, 0.1) is 0 Å². The molecule has 100 valence electrons. The van der Waals surface area contributed by atoms with Crippen LogP contribution in [0.3, 0.4) is 0 Å². The van der Waals surface area contributed by atoms with E-state index in [1.807, 2.05) is 20.8 Å². The van der Waals surface area contributed by atoms with Crippen molar-refractivity contribution in [3.8, 4) is 5.75 Å². The van der Waals surface area contributed by atoms with E-state index in [2.05, 4.69) is 5.32 Å². The van der Waals surface area contributed by atoms with E-state index >= 15 is 0 Å². The van der Waals surface area contributed by atoms with Crippen molar-refractivity contribution in [3.63, 3.8) is 0 Å². The molecule has 0 bridgehead atoms. The summed E-state index contributed by atoms with van der Waals surface area (Å²) in [5.41, 5.74) is -0.470. The highest BCUT2D eigenvalue weighted by molar-refractivity contribution is 6.30. The number of hydrogen-bond donors (Lipinski definition) is 1. The van der Waals surface area contributed by atoms with Crippen molar-refractivity contribution in [3.05, 3.63) is 29.3 Å². The Labute approximate surface area is 117 Å². The standard InChI is InChI=1S/C13H17Cl2NO2/c1-9(14)13(2,3)16-12(17)8-18-11-6-4-10(15)5-7-11/h4-7,9H,8H2,1-3H3,(H,16,17). The molecule has 0 aliphatic rings. The summed E-state index contributed by atoms with van der Waals surface area (Å²) < 4.78 is 5.33. The summed E-state index contributed by atoms with van der Waals surface area (Å²) in [4.78, 5) is 11.7. The van der Waals surface area contributed by atoms with E-state index < -0.39 is 5.54 Å². The van der Waals surface area contributed by atoms with Gasteiger partial charge in [0.25, 0.3) is 5.91 Å². The molecule has 0 aromatic heterocycles. The average Bonchev–Trinajstić information content (AvgIpc) is 2.27. The van der Waals surface area contributed by atoms with Gasteiger partial charge in [0.1, 0.15) is 5.75 Å². The molecule has 1 rings (SSSR count). The van der Waals surface area contributed by atoms with Crippen molar-refractivity contribution in [2.24, 2.45) is 0 Å². The third-order valence-electron chi connectivity index (χ3n) is 2.64. The Morgan fingerprint density at radius 2 is 1.94 bits per heavy atom. The fourth-order valence-corrected chi connectivity index (χ4v) is 1.36. The van der Waals surface area contributed by atoms with Crippen LogP contribution in [0.4, 0.5) is 0 Å². The molecular formula is C13H17Cl2NO2. The second kappa shape index (κ2) is 6.30. The minimum Gasteiger partial charge on any atom is -0.484 e. The molecule has 1 atom stereocenters. The first-order chi connectivity index (χ1) is 8.31. The second-order valence-electron chi connectivity index (χ2n) is 4.63. The van der Waals surface area contributed by atoms with E-state index in [1.165, 1.54) is 0 Å². The normalized spacial score (nSPS) is 12.9. The van der Waals surface area contributed by atoms with Crippen molar-refractivity contribution >= 4 is 29.1 Å². The smallest absolute Gasteiger partial charge is 0.258 e. The number of amides is 1. The van der Waals surface area contributed by atoms with Gasteiger partial charge in [-0.25, -0.2) is 0 Å². The number of halogens is 2. The first-order valence-corrected chi connectivity index (χ1v) is 6.46. The van der Waals surface area contributed by atoms with Crippen LogP contribution in [0.5, 0.6) is 5.75 Å². The molecule has 0 fully saturated rings. The maximum Gasteiger partial charge on any atom is 0.258 e. The largest absolute Gasteiger partial charge is 0.484 e. The van der Waals surface area contributed by atoms with Gasteiger partial charge in [-0.2, -0.15) is 0 Å². The quantitative estimate of drug-likeness (QED) is 0.845. The Morgan fingerprint density at radius 1 is 1.39 bits per heavy atom. The van der Waals surface area contributed by atoms with Crippen LogP contribution in [-0.4, -0.2) is 23.4 Å². The minimum absolute atomic E-state index is 0.0470. The summed E-state index contributed by atoms with van der Waals surface area (Å²) in [6, 6.07) is 6.84. The molecule has 0 aliphatic heterocycles. The molecule has 5 heteroatoms. The minimum atomic E-state index is -0.470. The van der Waals surface area contributed by atoms with E-state index in [0.717, 1.165) is 0 Å². The first-order valence-electron chi connectivity index (χ1n) is 5.65. The maximum atomic E-state index is 11.7. The van der Waals surface area contributed by atoms with Gasteiger partial charge in [0.05, 0.1) is 10.9 Å². The zero-order valence-corrected chi connectivity index (χ0v) is 12.2. The number of nitrogens with one attached hydrogen (secondary N) is 1. The van der Waals surface area contributed by atoms with E-state index in [4.69, 9.17) is 27.9 Å². The number of carbonyl (C=O) groups excluding carboxylic acids is 1. The summed E-state index contributed by atoms with van der Waals surface area (Å²) >= 11 is 11.7. The number of rotatable bonds is 5. The van der Waals surface area contributed by atoms with Gasteiger partial charge in [-0.15, -0.1) is 11.6 Å². The number of hydrogen-bond acceptors (Lipinski definition) is 2. The Kier molecular flexibility index (Phi) is 5.29. The van der Waals surface area contributed by atoms with Gasteiger partial charge in [0, 0.05) is 5.02 Å². The summed E-state index contributed by atoms with van der Waals surface area (Å²) in [5.74, 6) is 0.397. The molecule has 0 saturated heterocycles. The zero-order valence-electron chi connectivity index (χ0n) is 10.7. The molecule has 1 N–H and O–H groups in total. The highest BCUT2D eigenvalue weighted by atomic mass is 35.5. The van der Waals surface area contributed by atoms with E-state index in [0.29, 0.717) is 10.8 Å². The fourth-order valence-electron chi connectivity index (χ4n) is 1.17. The Bertz CT molecular complexity index is 402. The average molecular weight is 290 g/mol. The summed E-state index contributed by atoms with van der Waals surface area (Å²) in [5, 5.41) is 3.27. The number of alkyl halides is 1. The SMILES string of the molecule is CC(Cl)C(C)(C)NC(=O)COc1ccc(Cl)cc1. The Balaban J connectivity index is 2.44. The molecule has 0 heterocycles. The molecule has 1 amide bonds. The molecule has 18 heavy (non-hydrogen) atoms. The van der Waals surface area contributed by atoms with Crippen molar-refractivity contribution in [1.82, 2.24) is 5.32 Å². The highest BCUT2D eigenvalue weighted by Gasteiger charge is 2.25. The van der Waals surface area contributed by atoms with Crippen molar-refractivity contribution < 1.29 is 9.53 Å². The first kappa shape index (κ1) is 15.1. The Morgan fingerprint density at radius 3 is 2.44 bits per heavy atom. The highest BCUT2D eigenvalue weighted by Crippen LogP contribution is 2.16. The molecule has 3 nitrogen and oxygen atoms in total. The van der Waals surface area contributed by atoms with Crippen molar-refractivity contribution in [2.45, 2.75) is 31.7 Å². The molecule has 0 saturated carbocycles. The van der Waals surface area contributed by atoms with Gasteiger partial charge in [0.15, 0.2) is 6.61 Å². The van der Waals surface area contributed by atoms with Crippen molar-refractivity contribution in [2.75, 3.05) is 6.61 Å². The lowest BCUT2D eigenvalue weighted by atomic mass is 10.0. The van der Waals surface area contributed by atoms with Crippen LogP contribution < -0.4 is 10.1 Å². The predicted octanol–water partition coefficient (Wildman–Crippen LogP) is 3.24. The summed E-state index contributed by atoms with van der Waals surface area (Å²) in [6.45, 7) is 5.52. The lowest BCUT2D eigenvalue weighted by Gasteiger charge is -2.28. The number of carbonyl (C=O) groups is 1. The van der Waals surface area contributed by atoms with Crippen LogP contribution in [0.2, 0.25) is 5.02 Å². The van der Waals surface area contributed by atoms with E-state index in [-0.39, 0.29) is 17.9 Å². The topological polar surface area (TPSA) is 38.3 Å². The molecule has 0 aliphatic carbocycles. The van der Waals surface area contributed by atoms with Gasteiger partial charge in [0.2, 0.25) is 0 Å². The maximum absolute atomic E-state index is 11.7. The molecule has 0 spiro atoms. The molecule has 1 unspecified atom stereocenters. The van der Waals surface area contributed by atoms with Gasteiger partial charge >= 0.3 is 0 Å². The van der Waals surface area contributed by atoms with Crippen LogP contribution in [0.15, 0.2) is 24.3 Å². The Hall–Kier alpha value is -0.930. The third-order valence-corrected chi connectivity index (χ3v) is 3.44. The van der Waals surface area contributed by atoms with Gasteiger partial charge in [-0.05, 0) is 45.0 Å². The predicted molar refractivity (Wildman–Crippen MR) is 74.5 cm³/mol. The molecule has 0 radical (unpaired) electrons. The molecular weight excluding hydrogens is 273 g/mol. The number of benzene rings is 1. The van der Waals surface area contributed by atoms with Gasteiger partial charge in [-0.3, -0.25) is 4.79 Å². The second-order valence-corrected chi connectivity index (χ2v) is 5.72.